The summed E-state index contributed by atoms with van der Waals surface area (Å²) in [7, 11) is 3.44. The minimum Gasteiger partial charge on any atom is -0.497 e. The lowest BCUT2D eigenvalue weighted by molar-refractivity contribution is -0.130. The van der Waals surface area contributed by atoms with Crippen LogP contribution in [0.5, 0.6) is 5.75 Å². The number of benzene rings is 2. The Morgan fingerprint density at radius 1 is 1.11 bits per heavy atom. The van der Waals surface area contributed by atoms with Gasteiger partial charge in [0.15, 0.2) is 11.7 Å². The minimum absolute atomic E-state index is 0.0564. The first-order chi connectivity index (χ1) is 13.0. The van der Waals surface area contributed by atoms with Crippen molar-refractivity contribution in [2.75, 3.05) is 14.2 Å². The molecule has 0 unspecified atom stereocenters. The van der Waals surface area contributed by atoms with Crippen LogP contribution < -0.4 is 4.74 Å². The Labute approximate surface area is 159 Å². The Morgan fingerprint density at radius 2 is 1.81 bits per heavy atom. The first kappa shape index (κ1) is 18.7. The lowest BCUT2D eigenvalue weighted by Gasteiger charge is -2.17. The summed E-state index contributed by atoms with van der Waals surface area (Å²) in [4.78, 5) is 18.4. The van der Waals surface area contributed by atoms with Gasteiger partial charge in [-0.05, 0) is 24.6 Å². The summed E-state index contributed by atoms with van der Waals surface area (Å²) in [5.41, 5.74) is 3.25. The molecule has 5 heteroatoms. The smallest absolute Gasteiger partial charge is 0.223 e. The Kier molecular flexibility index (Phi) is 5.91. The molecule has 0 atom stereocenters. The van der Waals surface area contributed by atoms with E-state index in [4.69, 9.17) is 9.15 Å². The first-order valence-corrected chi connectivity index (χ1v) is 8.94. The molecule has 0 aliphatic carbocycles. The number of hydrogen-bond donors (Lipinski definition) is 0. The lowest BCUT2D eigenvalue weighted by atomic mass is 10.1. The van der Waals surface area contributed by atoms with E-state index in [1.54, 1.807) is 25.3 Å². The number of amides is 1. The van der Waals surface area contributed by atoms with Crippen molar-refractivity contribution < 1.29 is 13.9 Å². The predicted molar refractivity (Wildman–Crippen MR) is 104 cm³/mol. The molecule has 0 bridgehead atoms. The van der Waals surface area contributed by atoms with Crippen molar-refractivity contribution in [3.05, 3.63) is 71.7 Å². The van der Waals surface area contributed by atoms with E-state index in [2.05, 4.69) is 4.98 Å². The van der Waals surface area contributed by atoms with E-state index in [9.17, 15) is 4.79 Å². The molecule has 2 aromatic carbocycles. The largest absolute Gasteiger partial charge is 0.497 e. The lowest BCUT2D eigenvalue weighted by Crippen LogP contribution is -2.26. The average molecular weight is 364 g/mol. The molecular weight excluding hydrogens is 340 g/mol. The highest BCUT2D eigenvalue weighted by Crippen LogP contribution is 2.21. The van der Waals surface area contributed by atoms with Gasteiger partial charge in [-0.1, -0.05) is 42.0 Å². The van der Waals surface area contributed by atoms with E-state index >= 15 is 0 Å². The molecule has 0 radical (unpaired) electrons. The van der Waals surface area contributed by atoms with Crippen molar-refractivity contribution in [3.63, 3.8) is 0 Å². The SMILES string of the molecule is COc1ccc(CN(C)C(=O)CCc2ncc(-c3ccc(C)cc3)o2)cc1. The monoisotopic (exact) mass is 364 g/mol. The van der Waals surface area contributed by atoms with Gasteiger partial charge in [-0.15, -0.1) is 0 Å². The molecule has 27 heavy (non-hydrogen) atoms. The molecule has 0 N–H and O–H groups in total. The van der Waals surface area contributed by atoms with Gasteiger partial charge in [0.2, 0.25) is 5.91 Å². The van der Waals surface area contributed by atoms with Crippen LogP contribution in [0.4, 0.5) is 0 Å². The van der Waals surface area contributed by atoms with E-state index in [0.29, 0.717) is 25.3 Å². The van der Waals surface area contributed by atoms with Gasteiger partial charge in [0, 0.05) is 32.0 Å². The molecule has 0 fully saturated rings. The molecule has 0 saturated heterocycles. The molecule has 3 rings (SSSR count). The van der Waals surface area contributed by atoms with E-state index in [1.165, 1.54) is 5.56 Å². The molecule has 3 aromatic rings. The normalized spacial score (nSPS) is 10.6. The second-order valence-electron chi connectivity index (χ2n) is 6.58. The van der Waals surface area contributed by atoms with E-state index in [-0.39, 0.29) is 5.91 Å². The number of carbonyl (C=O) groups is 1. The van der Waals surface area contributed by atoms with E-state index < -0.39 is 0 Å². The van der Waals surface area contributed by atoms with Gasteiger partial charge in [0.1, 0.15) is 5.75 Å². The van der Waals surface area contributed by atoms with Gasteiger partial charge in [-0.25, -0.2) is 4.98 Å². The summed E-state index contributed by atoms with van der Waals surface area (Å²) in [6.07, 6.45) is 2.56. The Morgan fingerprint density at radius 3 is 2.48 bits per heavy atom. The Bertz CT molecular complexity index is 883. The molecule has 1 aromatic heterocycles. The third-order valence-corrected chi connectivity index (χ3v) is 4.45. The average Bonchev–Trinajstić information content (AvgIpc) is 3.16. The molecular formula is C22H24N2O3. The summed E-state index contributed by atoms with van der Waals surface area (Å²) in [5, 5.41) is 0. The number of methoxy groups -OCH3 is 1. The second-order valence-corrected chi connectivity index (χ2v) is 6.58. The maximum absolute atomic E-state index is 12.4. The molecule has 1 heterocycles. The van der Waals surface area contributed by atoms with Crippen LogP contribution in [0, 0.1) is 6.92 Å². The number of oxazole rings is 1. The topological polar surface area (TPSA) is 55.6 Å². The zero-order valence-electron chi connectivity index (χ0n) is 15.9. The Hall–Kier alpha value is -3.08. The fourth-order valence-electron chi connectivity index (χ4n) is 2.77. The molecule has 5 nitrogen and oxygen atoms in total. The number of nitrogens with zero attached hydrogens (tertiary/aromatic N) is 2. The van der Waals surface area contributed by atoms with Gasteiger partial charge < -0.3 is 14.1 Å². The third kappa shape index (κ3) is 4.97. The van der Waals surface area contributed by atoms with Gasteiger partial charge in [-0.3, -0.25) is 4.79 Å². The maximum atomic E-state index is 12.4. The zero-order chi connectivity index (χ0) is 19.2. The number of rotatable bonds is 7. The summed E-state index contributed by atoms with van der Waals surface area (Å²) < 4.78 is 10.9. The molecule has 0 saturated carbocycles. The minimum atomic E-state index is 0.0564. The van der Waals surface area contributed by atoms with Crippen LogP contribution in [0.1, 0.15) is 23.4 Å². The number of ether oxygens (including phenoxy) is 1. The van der Waals surface area contributed by atoms with Crippen molar-refractivity contribution in [1.82, 2.24) is 9.88 Å². The van der Waals surface area contributed by atoms with Crippen molar-refractivity contribution in [2.45, 2.75) is 26.3 Å². The van der Waals surface area contributed by atoms with Crippen LogP contribution in [0.2, 0.25) is 0 Å². The quantitative estimate of drug-likeness (QED) is 0.629. The van der Waals surface area contributed by atoms with Gasteiger partial charge >= 0.3 is 0 Å². The number of hydrogen-bond acceptors (Lipinski definition) is 4. The van der Waals surface area contributed by atoms with Gasteiger partial charge in [0.25, 0.3) is 0 Å². The van der Waals surface area contributed by atoms with Gasteiger partial charge in [-0.2, -0.15) is 0 Å². The van der Waals surface area contributed by atoms with E-state index in [1.807, 2.05) is 55.5 Å². The predicted octanol–water partition coefficient (Wildman–Crippen LogP) is 4.25. The molecule has 140 valence electrons. The summed E-state index contributed by atoms with van der Waals surface area (Å²) >= 11 is 0. The Balaban J connectivity index is 1.53. The maximum Gasteiger partial charge on any atom is 0.223 e. The number of aryl methyl sites for hydroxylation is 2. The van der Waals surface area contributed by atoms with Crippen LogP contribution in [0.15, 0.2) is 59.1 Å². The molecule has 0 aliphatic heterocycles. The van der Waals surface area contributed by atoms with E-state index in [0.717, 1.165) is 22.6 Å². The fraction of sp³-hybridized carbons (Fsp3) is 0.273. The van der Waals surface area contributed by atoms with Crippen LogP contribution in [-0.2, 0) is 17.8 Å². The van der Waals surface area contributed by atoms with Crippen LogP contribution >= 0.6 is 0 Å². The summed E-state index contributed by atoms with van der Waals surface area (Å²) in [6.45, 7) is 2.60. The number of aromatic nitrogens is 1. The van der Waals surface area contributed by atoms with Crippen molar-refractivity contribution in [1.29, 1.82) is 0 Å². The highest BCUT2D eigenvalue weighted by Gasteiger charge is 2.12. The van der Waals surface area contributed by atoms with Crippen LogP contribution in [0.25, 0.3) is 11.3 Å². The standard InChI is InChI=1S/C22H24N2O3/c1-16-4-8-18(9-5-16)20-14-23-21(27-20)12-13-22(25)24(2)15-17-6-10-19(26-3)11-7-17/h4-11,14H,12-13,15H2,1-3H3. The molecule has 0 spiro atoms. The van der Waals surface area contributed by atoms with Crippen molar-refractivity contribution in [2.24, 2.45) is 0 Å². The van der Waals surface area contributed by atoms with Crippen LogP contribution in [-0.4, -0.2) is 29.9 Å². The van der Waals surface area contributed by atoms with Crippen LogP contribution in [0.3, 0.4) is 0 Å². The van der Waals surface area contributed by atoms with Gasteiger partial charge in [0.05, 0.1) is 13.3 Å². The fourth-order valence-corrected chi connectivity index (χ4v) is 2.77. The summed E-state index contributed by atoms with van der Waals surface area (Å²) in [5.74, 6) is 2.17. The molecule has 1 amide bonds. The van der Waals surface area contributed by atoms with Crippen molar-refractivity contribution in [3.8, 4) is 17.1 Å². The zero-order valence-corrected chi connectivity index (χ0v) is 15.9. The highest BCUT2D eigenvalue weighted by atomic mass is 16.5. The third-order valence-electron chi connectivity index (χ3n) is 4.45. The first-order valence-electron chi connectivity index (χ1n) is 8.94. The highest BCUT2D eigenvalue weighted by molar-refractivity contribution is 5.76. The summed E-state index contributed by atoms with van der Waals surface area (Å²) in [6, 6.07) is 15.8. The van der Waals surface area contributed by atoms with Crippen molar-refractivity contribution >= 4 is 5.91 Å². The number of carbonyl (C=O) groups excluding carboxylic acids is 1. The second kappa shape index (κ2) is 8.54. The molecule has 0 aliphatic rings.